The summed E-state index contributed by atoms with van der Waals surface area (Å²) < 4.78 is 0. The van der Waals surface area contributed by atoms with Gasteiger partial charge in [-0.05, 0) is 37.3 Å². The first-order valence-electron chi connectivity index (χ1n) is 6.03. The number of carbonyl (C=O) groups excluding carboxylic acids is 1. The minimum Gasteiger partial charge on any atom is -0.370 e. The van der Waals surface area contributed by atoms with E-state index in [1.165, 1.54) is 49.2 Å². The quantitative estimate of drug-likeness (QED) is 0.718. The Balaban J connectivity index is 0.000000239. The zero-order valence-corrected chi connectivity index (χ0v) is 10.1. The Morgan fingerprint density at radius 3 is 2.65 bits per heavy atom. The molecule has 0 bridgehead atoms. The van der Waals surface area contributed by atoms with E-state index < -0.39 is 0 Å². The first-order valence-corrected chi connectivity index (χ1v) is 6.03. The number of fused-ring (bicyclic) bond motifs is 3. The first kappa shape index (κ1) is 11.7. The molecule has 0 saturated carbocycles. The molecule has 1 aliphatic rings. The summed E-state index contributed by atoms with van der Waals surface area (Å²) in [7, 11) is 0. The first-order chi connectivity index (χ1) is 8.18. The number of para-hydroxylation sites is 1. The molecule has 3 heteroatoms. The number of primary amides is 1. The SMILES string of the molecule is CC(N)=O.c1ccc2c3c([nH]c2c1)CCCC3. The molecule has 0 aliphatic heterocycles. The van der Waals surface area contributed by atoms with Crippen LogP contribution < -0.4 is 5.73 Å². The van der Waals surface area contributed by atoms with Crippen molar-refractivity contribution in [1.29, 1.82) is 0 Å². The number of aryl methyl sites for hydroxylation is 2. The summed E-state index contributed by atoms with van der Waals surface area (Å²) in [5.41, 5.74) is 8.84. The van der Waals surface area contributed by atoms with Crippen molar-refractivity contribution in [3.8, 4) is 0 Å². The summed E-state index contributed by atoms with van der Waals surface area (Å²) in [6, 6.07) is 8.64. The van der Waals surface area contributed by atoms with Crippen LogP contribution in [0.25, 0.3) is 10.9 Å². The maximum atomic E-state index is 9.22. The number of hydrogen-bond donors (Lipinski definition) is 2. The Kier molecular flexibility index (Phi) is 3.47. The van der Waals surface area contributed by atoms with Gasteiger partial charge in [-0.3, -0.25) is 4.79 Å². The third-order valence-corrected chi connectivity index (χ3v) is 3.01. The van der Waals surface area contributed by atoms with E-state index in [9.17, 15) is 4.79 Å². The van der Waals surface area contributed by atoms with Gasteiger partial charge in [0.05, 0.1) is 0 Å². The lowest BCUT2D eigenvalue weighted by Gasteiger charge is -2.10. The molecule has 0 spiro atoms. The molecule has 3 N–H and O–H groups in total. The summed E-state index contributed by atoms with van der Waals surface area (Å²) in [4.78, 5) is 12.7. The molecular formula is C14H18N2O. The van der Waals surface area contributed by atoms with Gasteiger partial charge in [0.25, 0.3) is 0 Å². The van der Waals surface area contributed by atoms with Crippen molar-refractivity contribution in [2.75, 3.05) is 0 Å². The molecule has 1 heterocycles. The standard InChI is InChI=1S/C12H13N.C2H5NO/c1-3-7-11-9(5-1)10-6-2-4-8-12(10)13-11;1-2(3)4/h1,3,5,7,13H,2,4,6,8H2;1H3,(H2,3,4). The lowest BCUT2D eigenvalue weighted by atomic mass is 9.96. The van der Waals surface area contributed by atoms with Crippen LogP contribution in [-0.2, 0) is 17.6 Å². The molecule has 90 valence electrons. The highest BCUT2D eigenvalue weighted by atomic mass is 16.1. The van der Waals surface area contributed by atoms with Crippen LogP contribution in [0.4, 0.5) is 0 Å². The highest BCUT2D eigenvalue weighted by Gasteiger charge is 2.13. The van der Waals surface area contributed by atoms with Gasteiger partial charge >= 0.3 is 0 Å². The highest BCUT2D eigenvalue weighted by Crippen LogP contribution is 2.28. The van der Waals surface area contributed by atoms with Crippen LogP contribution in [0, 0.1) is 0 Å². The van der Waals surface area contributed by atoms with Crippen LogP contribution in [0.2, 0.25) is 0 Å². The van der Waals surface area contributed by atoms with Crippen LogP contribution >= 0.6 is 0 Å². The molecule has 0 fully saturated rings. The molecule has 3 rings (SSSR count). The van der Waals surface area contributed by atoms with E-state index >= 15 is 0 Å². The van der Waals surface area contributed by atoms with E-state index in [1.54, 1.807) is 5.56 Å². The Hall–Kier alpha value is -1.77. The van der Waals surface area contributed by atoms with Gasteiger partial charge in [-0.2, -0.15) is 0 Å². The largest absolute Gasteiger partial charge is 0.370 e. The van der Waals surface area contributed by atoms with Crippen LogP contribution in [0.1, 0.15) is 31.0 Å². The second-order valence-corrected chi connectivity index (χ2v) is 4.45. The average Bonchev–Trinajstić information content (AvgIpc) is 2.66. The van der Waals surface area contributed by atoms with Crippen molar-refractivity contribution in [2.24, 2.45) is 5.73 Å². The second kappa shape index (κ2) is 5.04. The Labute approximate surface area is 101 Å². The lowest BCUT2D eigenvalue weighted by molar-refractivity contribution is -0.115. The zero-order chi connectivity index (χ0) is 12.3. The number of nitrogens with two attached hydrogens (primary N) is 1. The highest BCUT2D eigenvalue weighted by molar-refractivity contribution is 5.84. The zero-order valence-electron chi connectivity index (χ0n) is 10.1. The Morgan fingerprint density at radius 2 is 1.88 bits per heavy atom. The molecule has 1 amide bonds. The van der Waals surface area contributed by atoms with E-state index in [-0.39, 0.29) is 5.91 Å². The number of hydrogen-bond acceptors (Lipinski definition) is 1. The molecule has 0 unspecified atom stereocenters. The van der Waals surface area contributed by atoms with Crippen LogP contribution in [0.5, 0.6) is 0 Å². The molecule has 0 radical (unpaired) electrons. The van der Waals surface area contributed by atoms with Gasteiger partial charge in [0.15, 0.2) is 0 Å². The molecule has 17 heavy (non-hydrogen) atoms. The fraction of sp³-hybridized carbons (Fsp3) is 0.357. The van der Waals surface area contributed by atoms with Gasteiger partial charge in [0.2, 0.25) is 5.91 Å². The van der Waals surface area contributed by atoms with Crippen molar-refractivity contribution in [2.45, 2.75) is 32.6 Å². The van der Waals surface area contributed by atoms with Crippen molar-refractivity contribution < 1.29 is 4.79 Å². The molecule has 1 aliphatic carbocycles. The predicted molar refractivity (Wildman–Crippen MR) is 69.8 cm³/mol. The van der Waals surface area contributed by atoms with E-state index in [0.717, 1.165) is 0 Å². The lowest BCUT2D eigenvalue weighted by Crippen LogP contribution is -2.01. The van der Waals surface area contributed by atoms with Gasteiger partial charge in [0, 0.05) is 23.5 Å². The summed E-state index contributed by atoms with van der Waals surface area (Å²) in [6.07, 6.45) is 5.21. The van der Waals surface area contributed by atoms with Crippen LogP contribution in [-0.4, -0.2) is 10.9 Å². The number of nitrogens with one attached hydrogen (secondary N) is 1. The van der Waals surface area contributed by atoms with Crippen molar-refractivity contribution >= 4 is 16.8 Å². The van der Waals surface area contributed by atoms with E-state index in [1.807, 2.05) is 0 Å². The topological polar surface area (TPSA) is 58.9 Å². The van der Waals surface area contributed by atoms with Crippen molar-refractivity contribution in [3.05, 3.63) is 35.5 Å². The van der Waals surface area contributed by atoms with Gasteiger partial charge in [-0.25, -0.2) is 0 Å². The number of H-pyrrole nitrogens is 1. The van der Waals surface area contributed by atoms with E-state index in [4.69, 9.17) is 0 Å². The molecular weight excluding hydrogens is 212 g/mol. The number of carbonyl (C=O) groups is 1. The number of rotatable bonds is 0. The summed E-state index contributed by atoms with van der Waals surface area (Å²) in [5, 5.41) is 1.44. The molecule has 2 aromatic rings. The molecule has 1 aromatic carbocycles. The predicted octanol–water partition coefficient (Wildman–Crippen LogP) is 2.54. The van der Waals surface area contributed by atoms with E-state index in [0.29, 0.717) is 0 Å². The normalized spacial score (nSPS) is 13.7. The van der Waals surface area contributed by atoms with Gasteiger partial charge in [0.1, 0.15) is 0 Å². The Morgan fingerprint density at radius 1 is 1.24 bits per heavy atom. The van der Waals surface area contributed by atoms with Gasteiger partial charge < -0.3 is 10.7 Å². The monoisotopic (exact) mass is 230 g/mol. The number of aromatic amines is 1. The van der Waals surface area contributed by atoms with Crippen LogP contribution in [0.15, 0.2) is 24.3 Å². The maximum Gasteiger partial charge on any atom is 0.214 e. The van der Waals surface area contributed by atoms with Crippen molar-refractivity contribution in [3.63, 3.8) is 0 Å². The van der Waals surface area contributed by atoms with Crippen molar-refractivity contribution in [1.82, 2.24) is 4.98 Å². The minimum absolute atomic E-state index is 0.333. The van der Waals surface area contributed by atoms with Crippen LogP contribution in [0.3, 0.4) is 0 Å². The van der Waals surface area contributed by atoms with E-state index in [2.05, 4.69) is 35.0 Å². The number of amides is 1. The summed E-state index contributed by atoms with van der Waals surface area (Å²) >= 11 is 0. The summed E-state index contributed by atoms with van der Waals surface area (Å²) in [5.74, 6) is -0.333. The third kappa shape index (κ3) is 2.67. The fourth-order valence-corrected chi connectivity index (χ4v) is 2.36. The summed E-state index contributed by atoms with van der Waals surface area (Å²) in [6.45, 7) is 1.31. The minimum atomic E-state index is -0.333. The molecule has 3 nitrogen and oxygen atoms in total. The smallest absolute Gasteiger partial charge is 0.214 e. The average molecular weight is 230 g/mol. The molecule has 0 atom stereocenters. The third-order valence-electron chi connectivity index (χ3n) is 3.01. The fourth-order valence-electron chi connectivity index (χ4n) is 2.36. The molecule has 1 aromatic heterocycles. The molecule has 0 saturated heterocycles. The second-order valence-electron chi connectivity index (χ2n) is 4.45. The van der Waals surface area contributed by atoms with Gasteiger partial charge in [-0.1, -0.05) is 18.2 Å². The Bertz CT molecular complexity index is 524. The number of aromatic nitrogens is 1. The maximum absolute atomic E-state index is 9.22. The number of benzene rings is 1. The van der Waals surface area contributed by atoms with Gasteiger partial charge in [-0.15, -0.1) is 0 Å².